The normalized spacial score (nSPS) is 17.2. The number of carbonyl (C=O) groups is 1. The Morgan fingerprint density at radius 2 is 1.93 bits per heavy atom. The second-order valence-electron chi connectivity index (χ2n) is 3.42. The van der Waals surface area contributed by atoms with Crippen LogP contribution in [-0.2, 0) is 9.53 Å². The third-order valence-electron chi connectivity index (χ3n) is 2.15. The number of hydrogen-bond acceptors (Lipinski definition) is 2. The summed E-state index contributed by atoms with van der Waals surface area (Å²) in [6.45, 7) is 6.58. The van der Waals surface area contributed by atoms with Crippen molar-refractivity contribution in [1.29, 1.82) is 0 Å². The third-order valence-corrected chi connectivity index (χ3v) is 4.78. The van der Waals surface area contributed by atoms with Crippen LogP contribution in [0.2, 0.25) is 0 Å². The standard InChI is InChI=1S/C10H18Br2O2/c1-4-7(3)6-8(11)9(12)10(13)14-5-2/h7-9H,4-6H2,1-3H3. The Labute approximate surface area is 103 Å². The minimum absolute atomic E-state index is 0.150. The largest absolute Gasteiger partial charge is 0.465 e. The summed E-state index contributed by atoms with van der Waals surface area (Å²) in [6.07, 6.45) is 2.11. The van der Waals surface area contributed by atoms with Gasteiger partial charge < -0.3 is 4.74 Å². The summed E-state index contributed by atoms with van der Waals surface area (Å²) in [5, 5.41) is 0. The average molecular weight is 330 g/mol. The van der Waals surface area contributed by atoms with Crippen molar-refractivity contribution in [1.82, 2.24) is 0 Å². The zero-order valence-corrected chi connectivity index (χ0v) is 12.1. The highest BCUT2D eigenvalue weighted by Gasteiger charge is 2.25. The fourth-order valence-electron chi connectivity index (χ4n) is 1.04. The van der Waals surface area contributed by atoms with Crippen molar-refractivity contribution in [3.8, 4) is 0 Å². The van der Waals surface area contributed by atoms with Crippen molar-refractivity contribution < 1.29 is 9.53 Å². The van der Waals surface area contributed by atoms with Gasteiger partial charge in [0, 0.05) is 4.83 Å². The molecule has 0 saturated heterocycles. The van der Waals surface area contributed by atoms with Gasteiger partial charge >= 0.3 is 5.97 Å². The van der Waals surface area contributed by atoms with E-state index in [9.17, 15) is 4.79 Å². The van der Waals surface area contributed by atoms with E-state index in [0.717, 1.165) is 12.8 Å². The second-order valence-corrected chi connectivity index (χ2v) is 5.58. The van der Waals surface area contributed by atoms with Crippen LogP contribution in [-0.4, -0.2) is 22.2 Å². The molecular weight excluding hydrogens is 312 g/mol. The zero-order valence-electron chi connectivity index (χ0n) is 8.93. The summed E-state index contributed by atoms with van der Waals surface area (Å²) in [6, 6.07) is 0. The van der Waals surface area contributed by atoms with Crippen LogP contribution in [0.5, 0.6) is 0 Å². The van der Waals surface area contributed by atoms with Gasteiger partial charge in [0.25, 0.3) is 0 Å². The molecule has 0 heterocycles. The van der Waals surface area contributed by atoms with E-state index < -0.39 is 0 Å². The summed E-state index contributed by atoms with van der Waals surface area (Å²) in [7, 11) is 0. The molecular formula is C10H18Br2O2. The van der Waals surface area contributed by atoms with E-state index in [4.69, 9.17) is 4.74 Å². The molecule has 3 atom stereocenters. The molecule has 0 aromatic heterocycles. The molecule has 3 unspecified atom stereocenters. The minimum Gasteiger partial charge on any atom is -0.465 e. The predicted molar refractivity (Wildman–Crippen MR) is 66.1 cm³/mol. The Hall–Kier alpha value is 0.430. The monoisotopic (exact) mass is 328 g/mol. The molecule has 0 aromatic carbocycles. The van der Waals surface area contributed by atoms with Crippen LogP contribution in [0, 0.1) is 5.92 Å². The van der Waals surface area contributed by atoms with Gasteiger partial charge in [-0.25, -0.2) is 0 Å². The first kappa shape index (κ1) is 14.4. The lowest BCUT2D eigenvalue weighted by atomic mass is 10.0. The highest BCUT2D eigenvalue weighted by Crippen LogP contribution is 2.24. The summed E-state index contributed by atoms with van der Waals surface area (Å²) >= 11 is 6.85. The first-order valence-electron chi connectivity index (χ1n) is 4.97. The Balaban J connectivity index is 3.97. The molecule has 14 heavy (non-hydrogen) atoms. The Kier molecular flexibility index (Phi) is 7.92. The molecule has 0 N–H and O–H groups in total. The molecule has 4 heteroatoms. The third kappa shape index (κ3) is 5.35. The second kappa shape index (κ2) is 7.69. The minimum atomic E-state index is -0.239. The summed E-state index contributed by atoms with van der Waals surface area (Å²) in [5.74, 6) is 0.437. The van der Waals surface area contributed by atoms with Gasteiger partial charge in [-0.3, -0.25) is 4.79 Å². The molecule has 0 radical (unpaired) electrons. The number of hydrogen-bond donors (Lipinski definition) is 0. The first-order valence-corrected chi connectivity index (χ1v) is 6.80. The Bertz CT molecular complexity index is 174. The van der Waals surface area contributed by atoms with Crippen molar-refractivity contribution in [2.24, 2.45) is 5.92 Å². The van der Waals surface area contributed by atoms with Crippen LogP contribution in [0.4, 0.5) is 0 Å². The van der Waals surface area contributed by atoms with Gasteiger partial charge in [-0.15, -0.1) is 0 Å². The first-order chi connectivity index (χ1) is 6.52. The number of ether oxygens (including phenoxy) is 1. The topological polar surface area (TPSA) is 26.3 Å². The number of alkyl halides is 2. The molecule has 84 valence electrons. The Morgan fingerprint density at radius 1 is 1.36 bits per heavy atom. The van der Waals surface area contributed by atoms with Gasteiger partial charge in [0.2, 0.25) is 0 Å². The maximum absolute atomic E-state index is 11.4. The maximum atomic E-state index is 11.4. The van der Waals surface area contributed by atoms with Crippen molar-refractivity contribution >= 4 is 37.8 Å². The molecule has 0 saturated carbocycles. The lowest BCUT2D eigenvalue weighted by Crippen LogP contribution is -2.27. The number of halogens is 2. The van der Waals surface area contributed by atoms with E-state index in [2.05, 4.69) is 45.7 Å². The molecule has 0 aliphatic rings. The lowest BCUT2D eigenvalue weighted by molar-refractivity contribution is -0.142. The smallest absolute Gasteiger partial charge is 0.320 e. The average Bonchev–Trinajstić information content (AvgIpc) is 2.16. The molecule has 2 nitrogen and oxygen atoms in total. The van der Waals surface area contributed by atoms with Gasteiger partial charge in [-0.05, 0) is 19.3 Å². The van der Waals surface area contributed by atoms with Gasteiger partial charge in [0.15, 0.2) is 0 Å². The fraction of sp³-hybridized carbons (Fsp3) is 0.900. The highest BCUT2D eigenvalue weighted by molar-refractivity contribution is 9.12. The molecule has 0 aromatic rings. The molecule has 0 aliphatic heterocycles. The van der Waals surface area contributed by atoms with Crippen molar-refractivity contribution in [3.05, 3.63) is 0 Å². The maximum Gasteiger partial charge on any atom is 0.320 e. The molecule has 0 aliphatic carbocycles. The predicted octanol–water partition coefficient (Wildman–Crippen LogP) is 3.51. The van der Waals surface area contributed by atoms with E-state index in [1.54, 1.807) is 0 Å². The summed E-state index contributed by atoms with van der Waals surface area (Å²) in [4.78, 5) is 11.3. The van der Waals surface area contributed by atoms with Crippen LogP contribution in [0.25, 0.3) is 0 Å². The van der Waals surface area contributed by atoms with Crippen molar-refractivity contribution in [2.75, 3.05) is 6.61 Å². The number of carbonyl (C=O) groups excluding carboxylic acids is 1. The quantitative estimate of drug-likeness (QED) is 0.550. The molecule has 0 rings (SSSR count). The summed E-state index contributed by atoms with van der Waals surface area (Å²) < 4.78 is 4.92. The van der Waals surface area contributed by atoms with Crippen LogP contribution < -0.4 is 0 Å². The summed E-state index contributed by atoms with van der Waals surface area (Å²) in [5.41, 5.74) is 0. The molecule has 0 spiro atoms. The van der Waals surface area contributed by atoms with E-state index in [0.29, 0.717) is 12.5 Å². The van der Waals surface area contributed by atoms with Crippen LogP contribution >= 0.6 is 31.9 Å². The van der Waals surface area contributed by atoms with Gasteiger partial charge in [0.1, 0.15) is 4.83 Å². The molecule has 0 fully saturated rings. The van der Waals surface area contributed by atoms with Crippen molar-refractivity contribution in [3.63, 3.8) is 0 Å². The fourth-order valence-corrected chi connectivity index (χ4v) is 2.24. The van der Waals surface area contributed by atoms with E-state index >= 15 is 0 Å². The lowest BCUT2D eigenvalue weighted by Gasteiger charge is -2.18. The molecule has 0 bridgehead atoms. The molecule has 0 amide bonds. The number of esters is 1. The SMILES string of the molecule is CCOC(=O)C(Br)C(Br)CC(C)CC. The van der Waals surface area contributed by atoms with Gasteiger partial charge in [0.05, 0.1) is 6.61 Å². The number of rotatable bonds is 6. The van der Waals surface area contributed by atoms with E-state index in [1.165, 1.54) is 0 Å². The van der Waals surface area contributed by atoms with Gasteiger partial charge in [-0.2, -0.15) is 0 Å². The van der Waals surface area contributed by atoms with Crippen molar-refractivity contribution in [2.45, 2.75) is 43.3 Å². The van der Waals surface area contributed by atoms with Crippen LogP contribution in [0.3, 0.4) is 0 Å². The van der Waals surface area contributed by atoms with Crippen LogP contribution in [0.1, 0.15) is 33.6 Å². The highest BCUT2D eigenvalue weighted by atomic mass is 79.9. The zero-order chi connectivity index (χ0) is 11.1. The van der Waals surface area contributed by atoms with Gasteiger partial charge in [-0.1, -0.05) is 52.1 Å². The van der Waals surface area contributed by atoms with E-state index in [-0.39, 0.29) is 15.6 Å². The van der Waals surface area contributed by atoms with Crippen LogP contribution in [0.15, 0.2) is 0 Å². The Morgan fingerprint density at radius 3 is 2.36 bits per heavy atom. The van der Waals surface area contributed by atoms with E-state index in [1.807, 2.05) is 6.92 Å².